The summed E-state index contributed by atoms with van der Waals surface area (Å²) < 4.78 is 21.2. The Balaban J connectivity index is 1.58. The van der Waals surface area contributed by atoms with E-state index in [9.17, 15) is 9.59 Å². The highest BCUT2D eigenvalue weighted by Crippen LogP contribution is 2.32. The Labute approximate surface area is 233 Å². The summed E-state index contributed by atoms with van der Waals surface area (Å²) in [5.74, 6) is -0.0489. The number of alkyl carbamates (subject to hydrolysis) is 1. The molecule has 38 heavy (non-hydrogen) atoms. The summed E-state index contributed by atoms with van der Waals surface area (Å²) in [6.45, 7) is 7.74. The van der Waals surface area contributed by atoms with Crippen molar-refractivity contribution in [3.8, 4) is 5.75 Å². The van der Waals surface area contributed by atoms with E-state index < -0.39 is 17.6 Å². The molecule has 9 nitrogen and oxygen atoms in total. The maximum atomic E-state index is 13.0. The number of amides is 2. The van der Waals surface area contributed by atoms with E-state index in [1.54, 1.807) is 31.4 Å². The Bertz CT molecular complexity index is 1100. The number of rotatable bonds is 10. The van der Waals surface area contributed by atoms with Crippen molar-refractivity contribution in [2.45, 2.75) is 45.3 Å². The van der Waals surface area contributed by atoms with Gasteiger partial charge < -0.3 is 34.5 Å². The van der Waals surface area contributed by atoms with Crippen LogP contribution in [0.5, 0.6) is 5.75 Å². The number of benzene rings is 2. The second-order valence-electron chi connectivity index (χ2n) is 9.83. The summed E-state index contributed by atoms with van der Waals surface area (Å²) in [7, 11) is 1.58. The van der Waals surface area contributed by atoms with E-state index in [-0.39, 0.29) is 18.4 Å². The van der Waals surface area contributed by atoms with Crippen LogP contribution in [0.25, 0.3) is 0 Å². The van der Waals surface area contributed by atoms with Gasteiger partial charge in [0.15, 0.2) is 6.79 Å². The number of hydrogen-bond acceptors (Lipinski definition) is 7. The quantitative estimate of drug-likeness (QED) is 0.279. The van der Waals surface area contributed by atoms with Gasteiger partial charge in [-0.3, -0.25) is 4.79 Å². The van der Waals surface area contributed by atoms with Crippen molar-refractivity contribution >= 4 is 46.6 Å². The van der Waals surface area contributed by atoms with Crippen LogP contribution in [0.1, 0.15) is 44.0 Å². The lowest BCUT2D eigenvalue weighted by molar-refractivity contribution is -0.00872. The normalized spacial score (nSPS) is 14.2. The van der Waals surface area contributed by atoms with E-state index in [4.69, 9.17) is 42.1 Å². The van der Waals surface area contributed by atoms with Crippen LogP contribution in [0.3, 0.4) is 0 Å². The van der Waals surface area contributed by atoms with E-state index in [0.717, 1.165) is 31.6 Å². The first kappa shape index (κ1) is 29.8. The fraction of sp³-hybridized carbons (Fsp3) is 0.481. The lowest BCUT2D eigenvalue weighted by Gasteiger charge is -2.34. The van der Waals surface area contributed by atoms with Gasteiger partial charge in [0.05, 0.1) is 29.5 Å². The molecule has 0 radical (unpaired) electrons. The average Bonchev–Trinajstić information content (AvgIpc) is 2.84. The molecule has 1 heterocycles. The molecule has 11 heteroatoms. The summed E-state index contributed by atoms with van der Waals surface area (Å²) >= 11 is 12.7. The van der Waals surface area contributed by atoms with Crippen LogP contribution in [-0.4, -0.2) is 63.8 Å². The number of carbonyl (C=O) groups excluding carboxylic acids is 2. The number of piperidine rings is 1. The van der Waals surface area contributed by atoms with Gasteiger partial charge in [-0.2, -0.15) is 0 Å². The number of halogens is 2. The summed E-state index contributed by atoms with van der Waals surface area (Å²) in [5.41, 5.74) is 1.13. The van der Waals surface area contributed by atoms with Gasteiger partial charge in [-0.25, -0.2) is 4.79 Å². The van der Waals surface area contributed by atoms with E-state index in [1.807, 2.05) is 26.8 Å². The molecule has 3 rings (SSSR count). The zero-order valence-corrected chi connectivity index (χ0v) is 23.7. The molecule has 2 aromatic rings. The molecule has 1 fully saturated rings. The van der Waals surface area contributed by atoms with E-state index in [1.165, 1.54) is 6.07 Å². The molecule has 1 aliphatic heterocycles. The topological polar surface area (TPSA) is 98.4 Å². The van der Waals surface area contributed by atoms with Gasteiger partial charge in [0.25, 0.3) is 5.91 Å². The molecule has 0 spiro atoms. The van der Waals surface area contributed by atoms with Gasteiger partial charge >= 0.3 is 6.09 Å². The first-order valence-electron chi connectivity index (χ1n) is 12.4. The van der Waals surface area contributed by atoms with E-state index in [2.05, 4.69) is 15.5 Å². The highest BCUT2D eigenvalue weighted by Gasteiger charge is 2.25. The monoisotopic (exact) mass is 567 g/mol. The summed E-state index contributed by atoms with van der Waals surface area (Å²) in [6.07, 6.45) is 1.13. The Morgan fingerprint density at radius 3 is 2.45 bits per heavy atom. The van der Waals surface area contributed by atoms with E-state index >= 15 is 0 Å². The lowest BCUT2D eigenvalue weighted by atomic mass is 10.0. The minimum absolute atomic E-state index is 0.0320. The van der Waals surface area contributed by atoms with Gasteiger partial charge in [-0.1, -0.05) is 23.2 Å². The summed E-state index contributed by atoms with van der Waals surface area (Å²) in [5, 5.41) is 6.70. The van der Waals surface area contributed by atoms with Crippen LogP contribution in [-0.2, 0) is 14.2 Å². The molecule has 1 aliphatic rings. The fourth-order valence-corrected chi connectivity index (χ4v) is 4.36. The minimum atomic E-state index is -0.532. The predicted octanol–water partition coefficient (Wildman–Crippen LogP) is 5.74. The summed E-state index contributed by atoms with van der Waals surface area (Å²) in [6, 6.07) is 10.2. The number of nitrogens with zero attached hydrogens (tertiary/aromatic N) is 1. The highest BCUT2D eigenvalue weighted by molar-refractivity contribution is 6.33. The molecular weight excluding hydrogens is 533 g/mol. The molecule has 0 aliphatic carbocycles. The first-order valence-corrected chi connectivity index (χ1v) is 13.2. The zero-order valence-electron chi connectivity index (χ0n) is 22.1. The van der Waals surface area contributed by atoms with Gasteiger partial charge in [0.2, 0.25) is 0 Å². The molecule has 0 saturated carbocycles. The third-order valence-electron chi connectivity index (χ3n) is 5.68. The van der Waals surface area contributed by atoms with Crippen LogP contribution in [0.15, 0.2) is 36.4 Å². The first-order chi connectivity index (χ1) is 18.1. The van der Waals surface area contributed by atoms with E-state index in [0.29, 0.717) is 34.7 Å². The van der Waals surface area contributed by atoms with Crippen molar-refractivity contribution < 1.29 is 28.5 Å². The number of carbonyl (C=O) groups is 2. The van der Waals surface area contributed by atoms with Crippen molar-refractivity contribution in [1.82, 2.24) is 5.32 Å². The lowest BCUT2D eigenvalue weighted by Crippen LogP contribution is -2.46. The van der Waals surface area contributed by atoms with Crippen molar-refractivity contribution in [1.29, 1.82) is 0 Å². The van der Waals surface area contributed by atoms with Gasteiger partial charge in [0, 0.05) is 37.0 Å². The van der Waals surface area contributed by atoms with Gasteiger partial charge in [-0.15, -0.1) is 0 Å². The second-order valence-corrected chi connectivity index (χ2v) is 10.7. The second kappa shape index (κ2) is 13.9. The maximum absolute atomic E-state index is 13.0. The SMILES string of the molecule is COCCOCOc1ccc(Cl)cc1C(=O)Nc1ccc(N2CCC(NC(=O)OC(C)(C)C)CC2)c(Cl)c1. The fourth-order valence-electron chi connectivity index (χ4n) is 3.89. The Kier molecular flexibility index (Phi) is 10.9. The number of methoxy groups -OCH3 is 1. The third kappa shape index (κ3) is 9.23. The standard InChI is InChI=1S/C27H35Cl2N3O6/c1-27(2,3)38-26(34)31-19-9-11-32(12-10-19)23-7-6-20(16-22(23)29)30-25(33)21-15-18(28)5-8-24(21)37-17-36-14-13-35-4/h5-8,15-16,19H,9-14,17H2,1-4H3,(H,30,33)(H,31,34). The Morgan fingerprint density at radius 2 is 1.79 bits per heavy atom. The molecule has 0 aromatic heterocycles. The largest absolute Gasteiger partial charge is 0.467 e. The third-order valence-corrected chi connectivity index (χ3v) is 6.22. The molecule has 0 unspecified atom stereocenters. The molecule has 0 atom stereocenters. The molecule has 2 aromatic carbocycles. The number of hydrogen-bond donors (Lipinski definition) is 2. The smallest absolute Gasteiger partial charge is 0.407 e. The van der Waals surface area contributed by atoms with Crippen LogP contribution < -0.4 is 20.3 Å². The molecule has 1 saturated heterocycles. The van der Waals surface area contributed by atoms with Crippen LogP contribution in [0.2, 0.25) is 10.0 Å². The maximum Gasteiger partial charge on any atom is 0.407 e. The van der Waals surface area contributed by atoms with Crippen LogP contribution in [0, 0.1) is 0 Å². The number of nitrogens with one attached hydrogen (secondary N) is 2. The van der Waals surface area contributed by atoms with Crippen molar-refractivity contribution in [3.05, 3.63) is 52.0 Å². The minimum Gasteiger partial charge on any atom is -0.467 e. The zero-order chi connectivity index (χ0) is 27.7. The van der Waals surface area contributed by atoms with Crippen LogP contribution >= 0.6 is 23.2 Å². The van der Waals surface area contributed by atoms with Crippen molar-refractivity contribution in [2.24, 2.45) is 0 Å². The molecule has 208 valence electrons. The average molecular weight is 568 g/mol. The van der Waals surface area contributed by atoms with Crippen molar-refractivity contribution in [3.63, 3.8) is 0 Å². The van der Waals surface area contributed by atoms with Crippen molar-refractivity contribution in [2.75, 3.05) is 50.4 Å². The summed E-state index contributed by atoms with van der Waals surface area (Å²) in [4.78, 5) is 27.2. The van der Waals surface area contributed by atoms with Crippen LogP contribution in [0.4, 0.5) is 16.2 Å². The molecule has 2 amide bonds. The molecular formula is C27H35Cl2N3O6. The van der Waals surface area contributed by atoms with Gasteiger partial charge in [0.1, 0.15) is 11.4 Å². The Hall–Kier alpha value is -2.72. The molecule has 0 bridgehead atoms. The Morgan fingerprint density at radius 1 is 1.05 bits per heavy atom. The number of ether oxygens (including phenoxy) is 4. The highest BCUT2D eigenvalue weighted by atomic mass is 35.5. The number of anilines is 2. The molecule has 2 N–H and O–H groups in total. The predicted molar refractivity (Wildman–Crippen MR) is 149 cm³/mol. The van der Waals surface area contributed by atoms with Gasteiger partial charge in [-0.05, 0) is 70.0 Å².